The van der Waals surface area contributed by atoms with Crippen LogP contribution < -0.4 is 4.74 Å². The van der Waals surface area contributed by atoms with Crippen LogP contribution in [0.3, 0.4) is 0 Å². The quantitative estimate of drug-likeness (QED) is 0.722. The second kappa shape index (κ2) is 5.93. The molecule has 108 valence electrons. The van der Waals surface area contributed by atoms with Gasteiger partial charge in [-0.3, -0.25) is 4.57 Å². The fraction of sp³-hybridized carbons (Fsp3) is 0.250. The van der Waals surface area contributed by atoms with Crippen LogP contribution in [0.1, 0.15) is 5.82 Å². The summed E-state index contributed by atoms with van der Waals surface area (Å²) in [5.41, 5.74) is 2.63. The van der Waals surface area contributed by atoms with E-state index in [0.29, 0.717) is 13.0 Å². The summed E-state index contributed by atoms with van der Waals surface area (Å²) in [5, 5.41) is 0. The molecule has 3 rings (SSSR count). The highest BCUT2D eigenvalue weighted by molar-refractivity contribution is 5.74. The van der Waals surface area contributed by atoms with Crippen molar-refractivity contribution in [2.75, 3.05) is 20.8 Å². The van der Waals surface area contributed by atoms with Crippen LogP contribution in [0.15, 0.2) is 42.6 Å². The van der Waals surface area contributed by atoms with Crippen LogP contribution in [-0.4, -0.2) is 35.4 Å². The van der Waals surface area contributed by atoms with Gasteiger partial charge in [-0.15, -0.1) is 0 Å². The standard InChI is InChI=1S/C16H17N3O2/c1-20-11-9-15-18-12-6-5-10-17-16(12)19(15)13-7-3-4-8-14(13)21-2/h3-8,10H,9,11H2,1-2H3. The third-order valence-corrected chi connectivity index (χ3v) is 3.34. The molecule has 0 fully saturated rings. The molecule has 0 spiro atoms. The van der Waals surface area contributed by atoms with E-state index in [9.17, 15) is 0 Å². The topological polar surface area (TPSA) is 49.2 Å². The minimum Gasteiger partial charge on any atom is -0.495 e. The monoisotopic (exact) mass is 283 g/mol. The fourth-order valence-corrected chi connectivity index (χ4v) is 2.39. The molecule has 0 unspecified atom stereocenters. The van der Waals surface area contributed by atoms with Crippen LogP contribution in [0.25, 0.3) is 16.9 Å². The highest BCUT2D eigenvalue weighted by atomic mass is 16.5. The van der Waals surface area contributed by atoms with E-state index in [2.05, 4.69) is 9.97 Å². The van der Waals surface area contributed by atoms with Gasteiger partial charge in [0.15, 0.2) is 5.65 Å². The van der Waals surface area contributed by atoms with E-state index in [1.165, 1.54) is 0 Å². The first kappa shape index (κ1) is 13.6. The Kier molecular flexibility index (Phi) is 3.83. The van der Waals surface area contributed by atoms with Crippen LogP contribution >= 0.6 is 0 Å². The number of hydrogen-bond acceptors (Lipinski definition) is 4. The van der Waals surface area contributed by atoms with Crippen LogP contribution in [0.5, 0.6) is 5.75 Å². The van der Waals surface area contributed by atoms with E-state index in [1.807, 2.05) is 41.0 Å². The summed E-state index contributed by atoms with van der Waals surface area (Å²) in [6.07, 6.45) is 2.49. The smallest absolute Gasteiger partial charge is 0.164 e. The molecule has 0 bridgehead atoms. The first-order chi connectivity index (χ1) is 10.3. The van der Waals surface area contributed by atoms with Gasteiger partial charge >= 0.3 is 0 Å². The molecular formula is C16H17N3O2. The van der Waals surface area contributed by atoms with Gasteiger partial charge in [-0.2, -0.15) is 0 Å². The van der Waals surface area contributed by atoms with Crippen molar-refractivity contribution in [3.8, 4) is 11.4 Å². The SMILES string of the molecule is COCCc1nc2cccnc2n1-c1ccccc1OC. The first-order valence-corrected chi connectivity index (χ1v) is 6.80. The van der Waals surface area contributed by atoms with E-state index in [-0.39, 0.29) is 0 Å². The van der Waals surface area contributed by atoms with Crippen LogP contribution in [0.2, 0.25) is 0 Å². The molecule has 2 aromatic heterocycles. The van der Waals surface area contributed by atoms with Crippen molar-refractivity contribution >= 4 is 11.2 Å². The van der Waals surface area contributed by atoms with Gasteiger partial charge in [0.1, 0.15) is 17.1 Å². The summed E-state index contributed by atoms with van der Waals surface area (Å²) in [6, 6.07) is 11.7. The zero-order valence-corrected chi connectivity index (χ0v) is 12.1. The van der Waals surface area contributed by atoms with Gasteiger partial charge in [-0.05, 0) is 24.3 Å². The molecule has 2 heterocycles. The Bertz CT molecular complexity index is 752. The summed E-state index contributed by atoms with van der Waals surface area (Å²) in [7, 11) is 3.36. The minimum absolute atomic E-state index is 0.610. The second-order valence-electron chi connectivity index (χ2n) is 4.62. The second-order valence-corrected chi connectivity index (χ2v) is 4.62. The molecule has 0 N–H and O–H groups in total. The normalized spacial score (nSPS) is 11.0. The summed E-state index contributed by atoms with van der Waals surface area (Å²) < 4.78 is 12.7. The molecular weight excluding hydrogens is 266 g/mol. The first-order valence-electron chi connectivity index (χ1n) is 6.80. The third kappa shape index (κ3) is 2.48. The van der Waals surface area contributed by atoms with Gasteiger partial charge in [-0.1, -0.05) is 12.1 Å². The summed E-state index contributed by atoms with van der Waals surface area (Å²) in [5.74, 6) is 1.70. The Labute approximate surface area is 123 Å². The van der Waals surface area contributed by atoms with Crippen molar-refractivity contribution in [3.05, 3.63) is 48.4 Å². The van der Waals surface area contributed by atoms with E-state index in [0.717, 1.165) is 28.4 Å². The van der Waals surface area contributed by atoms with Gasteiger partial charge in [0.2, 0.25) is 0 Å². The molecule has 21 heavy (non-hydrogen) atoms. The number of pyridine rings is 1. The van der Waals surface area contributed by atoms with Crippen molar-refractivity contribution in [1.82, 2.24) is 14.5 Å². The Morgan fingerprint density at radius 3 is 2.76 bits per heavy atom. The number of para-hydroxylation sites is 2. The van der Waals surface area contributed by atoms with E-state index in [1.54, 1.807) is 20.4 Å². The Morgan fingerprint density at radius 2 is 1.95 bits per heavy atom. The van der Waals surface area contributed by atoms with Crippen LogP contribution in [0.4, 0.5) is 0 Å². The number of benzene rings is 1. The zero-order chi connectivity index (χ0) is 14.7. The number of rotatable bonds is 5. The Morgan fingerprint density at radius 1 is 1.10 bits per heavy atom. The summed E-state index contributed by atoms with van der Waals surface area (Å²) >= 11 is 0. The number of aromatic nitrogens is 3. The Hall–Kier alpha value is -2.40. The number of nitrogens with zero attached hydrogens (tertiary/aromatic N) is 3. The predicted octanol–water partition coefficient (Wildman–Crippen LogP) is 2.62. The van der Waals surface area contributed by atoms with Gasteiger partial charge < -0.3 is 9.47 Å². The summed E-state index contributed by atoms with van der Waals surface area (Å²) in [4.78, 5) is 9.13. The average Bonchev–Trinajstić information content (AvgIpc) is 2.91. The molecule has 0 atom stereocenters. The van der Waals surface area contributed by atoms with Gasteiger partial charge in [0, 0.05) is 19.7 Å². The average molecular weight is 283 g/mol. The molecule has 3 aromatic rings. The molecule has 0 aliphatic rings. The molecule has 1 aromatic carbocycles. The van der Waals surface area contributed by atoms with Crippen molar-refractivity contribution < 1.29 is 9.47 Å². The van der Waals surface area contributed by atoms with Crippen molar-refractivity contribution in [1.29, 1.82) is 0 Å². The minimum atomic E-state index is 0.610. The highest BCUT2D eigenvalue weighted by Crippen LogP contribution is 2.27. The number of imidazole rings is 1. The number of fused-ring (bicyclic) bond motifs is 1. The van der Waals surface area contributed by atoms with Crippen molar-refractivity contribution in [2.24, 2.45) is 0 Å². The third-order valence-electron chi connectivity index (χ3n) is 3.34. The number of ether oxygens (including phenoxy) is 2. The molecule has 0 aliphatic heterocycles. The van der Waals surface area contributed by atoms with E-state index < -0.39 is 0 Å². The molecule has 0 radical (unpaired) electrons. The number of hydrogen-bond donors (Lipinski definition) is 0. The van der Waals surface area contributed by atoms with E-state index in [4.69, 9.17) is 9.47 Å². The zero-order valence-electron chi connectivity index (χ0n) is 12.1. The van der Waals surface area contributed by atoms with Crippen LogP contribution in [0, 0.1) is 0 Å². The van der Waals surface area contributed by atoms with Gasteiger partial charge in [0.25, 0.3) is 0 Å². The summed E-state index contributed by atoms with van der Waals surface area (Å²) in [6.45, 7) is 0.610. The fourth-order valence-electron chi connectivity index (χ4n) is 2.39. The van der Waals surface area contributed by atoms with Crippen LogP contribution in [-0.2, 0) is 11.2 Å². The molecule has 0 saturated carbocycles. The van der Waals surface area contributed by atoms with Gasteiger partial charge in [0.05, 0.1) is 19.4 Å². The highest BCUT2D eigenvalue weighted by Gasteiger charge is 2.15. The lowest BCUT2D eigenvalue weighted by Crippen LogP contribution is -2.06. The molecule has 0 amide bonds. The number of methoxy groups -OCH3 is 2. The molecule has 5 heteroatoms. The predicted molar refractivity (Wildman–Crippen MR) is 81.0 cm³/mol. The van der Waals surface area contributed by atoms with E-state index >= 15 is 0 Å². The Balaban J connectivity index is 2.23. The molecule has 0 aliphatic carbocycles. The lowest BCUT2D eigenvalue weighted by Gasteiger charge is -2.12. The van der Waals surface area contributed by atoms with Crippen molar-refractivity contribution in [3.63, 3.8) is 0 Å². The molecule has 0 saturated heterocycles. The maximum atomic E-state index is 5.47. The maximum Gasteiger partial charge on any atom is 0.164 e. The van der Waals surface area contributed by atoms with Crippen molar-refractivity contribution in [2.45, 2.75) is 6.42 Å². The van der Waals surface area contributed by atoms with Gasteiger partial charge in [-0.25, -0.2) is 9.97 Å². The molecule has 5 nitrogen and oxygen atoms in total. The lowest BCUT2D eigenvalue weighted by atomic mass is 10.2. The maximum absolute atomic E-state index is 5.47. The largest absolute Gasteiger partial charge is 0.495 e. The lowest BCUT2D eigenvalue weighted by molar-refractivity contribution is 0.200.